The summed E-state index contributed by atoms with van der Waals surface area (Å²) in [6.45, 7) is 0. The zero-order valence-corrected chi connectivity index (χ0v) is 16.8. The molecule has 7 rings (SSSR count). The van der Waals surface area contributed by atoms with E-state index in [1.807, 2.05) is 30.3 Å². The average Bonchev–Trinajstić information content (AvgIpc) is 3.19. The number of nitrogens with zero attached hydrogens (tertiary/aromatic N) is 3. The van der Waals surface area contributed by atoms with Crippen LogP contribution in [0.5, 0.6) is 0 Å². The van der Waals surface area contributed by atoms with Gasteiger partial charge < -0.3 is 9.74 Å². The highest BCUT2D eigenvalue weighted by atomic mass is 16.7. The van der Waals surface area contributed by atoms with Gasteiger partial charge in [-0.1, -0.05) is 47.6 Å². The zero-order chi connectivity index (χ0) is 20.3. The molecule has 0 N–H and O–H groups in total. The van der Waals surface area contributed by atoms with Gasteiger partial charge in [0.1, 0.15) is 0 Å². The minimum absolute atomic E-state index is 0.0334. The number of rotatable bonds is 4. The van der Waals surface area contributed by atoms with Crippen LogP contribution in [0.2, 0.25) is 0 Å². The molecule has 0 aromatic heterocycles. The summed E-state index contributed by atoms with van der Waals surface area (Å²) < 4.78 is 0. The van der Waals surface area contributed by atoms with Crippen molar-refractivity contribution in [1.82, 2.24) is 4.90 Å². The molecular weight excluding hydrogens is 378 g/mol. The molecule has 1 heterocycles. The summed E-state index contributed by atoms with van der Waals surface area (Å²) in [6.07, 6.45) is 6.84. The lowest BCUT2D eigenvalue weighted by atomic mass is 9.52. The highest BCUT2D eigenvalue weighted by Crippen LogP contribution is 2.60. The second-order valence-corrected chi connectivity index (χ2v) is 9.57. The summed E-state index contributed by atoms with van der Waals surface area (Å²) in [7, 11) is 0. The molecule has 1 unspecified atom stereocenters. The highest BCUT2D eigenvalue weighted by Gasteiger charge is 2.58. The van der Waals surface area contributed by atoms with Crippen molar-refractivity contribution in [2.75, 3.05) is 0 Å². The molecular formula is C24H25N3O3. The lowest BCUT2D eigenvalue weighted by Gasteiger charge is -2.60. The quantitative estimate of drug-likeness (QED) is 0.516. The SMILES string of the molecule is O=[N+]([O-])c1ccccc1C1ON=C(c2ccccc2)N1C12CC3CC(CC(C3)C1)C2. The molecule has 154 valence electrons. The van der Waals surface area contributed by atoms with Crippen LogP contribution in [0.25, 0.3) is 0 Å². The first kappa shape index (κ1) is 17.9. The third-order valence-corrected chi connectivity index (χ3v) is 7.65. The van der Waals surface area contributed by atoms with Gasteiger partial charge in [-0.05, 0) is 62.3 Å². The van der Waals surface area contributed by atoms with Gasteiger partial charge in [-0.25, -0.2) is 0 Å². The van der Waals surface area contributed by atoms with Crippen molar-refractivity contribution in [1.29, 1.82) is 0 Å². The molecule has 2 aromatic rings. The molecule has 4 fully saturated rings. The van der Waals surface area contributed by atoms with E-state index in [4.69, 9.17) is 4.84 Å². The van der Waals surface area contributed by atoms with E-state index in [1.54, 1.807) is 12.1 Å². The Kier molecular flexibility index (Phi) is 3.92. The summed E-state index contributed by atoms with van der Waals surface area (Å²) in [5.74, 6) is 3.07. The van der Waals surface area contributed by atoms with Crippen molar-refractivity contribution in [2.45, 2.75) is 50.3 Å². The van der Waals surface area contributed by atoms with E-state index in [1.165, 1.54) is 19.3 Å². The van der Waals surface area contributed by atoms with E-state index in [-0.39, 0.29) is 16.1 Å². The van der Waals surface area contributed by atoms with Crippen molar-refractivity contribution in [2.24, 2.45) is 22.9 Å². The fourth-order valence-electron chi connectivity index (χ4n) is 6.97. The number of para-hydroxylation sites is 1. The molecule has 0 spiro atoms. The number of amidine groups is 1. The van der Waals surface area contributed by atoms with Crippen LogP contribution in [0, 0.1) is 27.9 Å². The van der Waals surface area contributed by atoms with E-state index in [2.05, 4.69) is 22.2 Å². The molecule has 0 radical (unpaired) electrons. The van der Waals surface area contributed by atoms with Gasteiger partial charge in [0.15, 0.2) is 5.84 Å². The van der Waals surface area contributed by atoms with Crippen LogP contribution in [0.3, 0.4) is 0 Å². The average molecular weight is 403 g/mol. The Morgan fingerprint density at radius 3 is 2.17 bits per heavy atom. The minimum Gasteiger partial charge on any atom is -0.363 e. The molecule has 0 amide bonds. The molecule has 1 aliphatic heterocycles. The van der Waals surface area contributed by atoms with Gasteiger partial charge in [-0.2, -0.15) is 0 Å². The van der Waals surface area contributed by atoms with Crippen molar-refractivity contribution >= 4 is 11.5 Å². The van der Waals surface area contributed by atoms with E-state index in [0.29, 0.717) is 5.56 Å². The molecule has 6 heteroatoms. The zero-order valence-electron chi connectivity index (χ0n) is 16.8. The largest absolute Gasteiger partial charge is 0.363 e. The second-order valence-electron chi connectivity index (χ2n) is 9.57. The van der Waals surface area contributed by atoms with E-state index in [0.717, 1.165) is 48.4 Å². The van der Waals surface area contributed by atoms with Crippen molar-refractivity contribution < 1.29 is 9.76 Å². The van der Waals surface area contributed by atoms with Gasteiger partial charge in [0.25, 0.3) is 5.69 Å². The Morgan fingerprint density at radius 2 is 1.53 bits per heavy atom. The summed E-state index contributed by atoms with van der Waals surface area (Å²) in [4.78, 5) is 19.8. The molecule has 4 saturated carbocycles. The molecule has 0 saturated heterocycles. The maximum atomic E-state index is 11.8. The fraction of sp³-hybridized carbons (Fsp3) is 0.458. The number of nitro benzene ring substituents is 1. The first-order chi connectivity index (χ1) is 14.6. The number of hydrogen-bond acceptors (Lipinski definition) is 5. The van der Waals surface area contributed by atoms with Crippen molar-refractivity contribution in [3.05, 3.63) is 75.8 Å². The predicted molar refractivity (Wildman–Crippen MR) is 113 cm³/mol. The number of benzene rings is 2. The van der Waals surface area contributed by atoms with Crippen LogP contribution in [0.1, 0.15) is 55.9 Å². The van der Waals surface area contributed by atoms with Gasteiger partial charge in [-0.15, -0.1) is 0 Å². The number of oxime groups is 1. The van der Waals surface area contributed by atoms with Gasteiger partial charge in [0.2, 0.25) is 6.23 Å². The molecule has 30 heavy (non-hydrogen) atoms. The van der Waals surface area contributed by atoms with E-state index < -0.39 is 6.23 Å². The second kappa shape index (κ2) is 6.56. The highest BCUT2D eigenvalue weighted by molar-refractivity contribution is 6.00. The number of nitro groups is 1. The molecule has 4 aliphatic carbocycles. The van der Waals surface area contributed by atoms with Crippen LogP contribution < -0.4 is 0 Å². The maximum absolute atomic E-state index is 11.8. The molecule has 5 aliphatic rings. The third kappa shape index (κ3) is 2.66. The molecule has 1 atom stereocenters. The molecule has 2 aromatic carbocycles. The summed E-state index contributed by atoms with van der Waals surface area (Å²) in [5, 5.41) is 16.3. The normalized spacial score (nSPS) is 34.0. The monoisotopic (exact) mass is 403 g/mol. The van der Waals surface area contributed by atoms with E-state index in [9.17, 15) is 10.1 Å². The standard InChI is InChI=1S/C24H25N3O3/c28-27(29)21-9-5-4-8-20(21)23-26(22(25-30-23)19-6-2-1-3-7-19)24-13-16-10-17(14-24)12-18(11-16)15-24/h1-9,16-18,23H,10-15H2. The lowest BCUT2D eigenvalue weighted by molar-refractivity contribution is -0.386. The first-order valence-corrected chi connectivity index (χ1v) is 10.9. The van der Waals surface area contributed by atoms with Crippen molar-refractivity contribution in [3.8, 4) is 0 Å². The van der Waals surface area contributed by atoms with Gasteiger partial charge in [0, 0.05) is 17.2 Å². The minimum atomic E-state index is -0.557. The van der Waals surface area contributed by atoms with Crippen molar-refractivity contribution in [3.63, 3.8) is 0 Å². The maximum Gasteiger partial charge on any atom is 0.278 e. The Hall–Kier alpha value is -2.89. The smallest absolute Gasteiger partial charge is 0.278 e. The van der Waals surface area contributed by atoms with Crippen LogP contribution in [-0.2, 0) is 4.84 Å². The first-order valence-electron chi connectivity index (χ1n) is 10.9. The Labute approximate surface area is 175 Å². The van der Waals surface area contributed by atoms with E-state index >= 15 is 0 Å². The summed E-state index contributed by atoms with van der Waals surface area (Å²) in [5.41, 5.74) is 1.66. The third-order valence-electron chi connectivity index (χ3n) is 7.65. The number of hydrogen-bond donors (Lipinski definition) is 0. The van der Waals surface area contributed by atoms with Crippen LogP contribution in [-0.4, -0.2) is 21.2 Å². The van der Waals surface area contributed by atoms with Crippen LogP contribution in [0.4, 0.5) is 5.69 Å². The Morgan fingerprint density at radius 1 is 0.933 bits per heavy atom. The summed E-state index contributed by atoms with van der Waals surface area (Å²) >= 11 is 0. The topological polar surface area (TPSA) is 68.0 Å². The Balaban J connectivity index is 1.48. The van der Waals surface area contributed by atoms with Gasteiger partial charge >= 0.3 is 0 Å². The van der Waals surface area contributed by atoms with Crippen LogP contribution >= 0.6 is 0 Å². The van der Waals surface area contributed by atoms with Crippen LogP contribution in [0.15, 0.2) is 59.8 Å². The Bertz CT molecular complexity index is 984. The van der Waals surface area contributed by atoms with Gasteiger partial charge in [-0.3, -0.25) is 10.1 Å². The molecule has 6 nitrogen and oxygen atoms in total. The molecule has 4 bridgehead atoms. The summed E-state index contributed by atoms with van der Waals surface area (Å²) in [6, 6.07) is 17.1. The lowest BCUT2D eigenvalue weighted by Crippen LogP contribution is -2.61. The predicted octanol–water partition coefficient (Wildman–Crippen LogP) is 5.26. The fourth-order valence-corrected chi connectivity index (χ4v) is 6.97. The van der Waals surface area contributed by atoms with Gasteiger partial charge in [0.05, 0.1) is 10.5 Å².